The van der Waals surface area contributed by atoms with Gasteiger partial charge in [0.15, 0.2) is 0 Å². The van der Waals surface area contributed by atoms with E-state index in [1.54, 1.807) is 0 Å². The highest BCUT2D eigenvalue weighted by Crippen LogP contribution is 2.07. The Balaban J connectivity index is 2.79. The molecule has 1 N–H and O–H groups in total. The molecule has 1 heteroatoms. The third-order valence-corrected chi connectivity index (χ3v) is 1.55. The summed E-state index contributed by atoms with van der Waals surface area (Å²) >= 11 is 0. The normalized spacial score (nSPS) is 17.4. The molecular weight excluding hydrogens is 122 g/mol. The molecule has 0 saturated carbocycles. The van der Waals surface area contributed by atoms with Crippen LogP contribution in [0.25, 0.3) is 0 Å². The Bertz CT molecular complexity index is 197. The lowest BCUT2D eigenvalue weighted by Crippen LogP contribution is -2.02. The van der Waals surface area contributed by atoms with E-state index < -0.39 is 0 Å². The van der Waals surface area contributed by atoms with Gasteiger partial charge in [0.05, 0.1) is 0 Å². The van der Waals surface area contributed by atoms with Gasteiger partial charge in [0.2, 0.25) is 0 Å². The summed E-state index contributed by atoms with van der Waals surface area (Å²) in [5.74, 6) is 0. The Morgan fingerprint density at radius 3 is 3.00 bits per heavy atom. The summed E-state index contributed by atoms with van der Waals surface area (Å²) in [6, 6.07) is 0. The highest BCUT2D eigenvalue weighted by atomic mass is 14.8. The summed E-state index contributed by atoms with van der Waals surface area (Å²) in [5.41, 5.74) is 2.51. The maximum atomic E-state index is 3.11. The van der Waals surface area contributed by atoms with E-state index in [-0.39, 0.29) is 0 Å². The third kappa shape index (κ3) is 1.76. The highest BCUT2D eigenvalue weighted by molar-refractivity contribution is 5.31. The Morgan fingerprint density at radius 1 is 1.50 bits per heavy atom. The van der Waals surface area contributed by atoms with Gasteiger partial charge >= 0.3 is 0 Å². The molecule has 0 atom stereocenters. The molecule has 0 aromatic rings. The molecule has 0 aliphatic heterocycles. The molecule has 0 heterocycles. The fourth-order valence-electron chi connectivity index (χ4n) is 0.957. The molecule has 0 fully saturated rings. The van der Waals surface area contributed by atoms with Gasteiger partial charge in [-0.3, -0.25) is 0 Å². The zero-order valence-electron chi connectivity index (χ0n) is 6.52. The zero-order valence-corrected chi connectivity index (χ0v) is 6.52. The SMILES string of the molecule is CNC1=CC(C)=CCC=C1. The average molecular weight is 135 g/mol. The minimum atomic E-state index is 1.05. The molecule has 10 heavy (non-hydrogen) atoms. The molecule has 0 aromatic heterocycles. The second-order valence-corrected chi connectivity index (χ2v) is 2.44. The van der Waals surface area contributed by atoms with Crippen LogP contribution in [0.2, 0.25) is 0 Å². The van der Waals surface area contributed by atoms with Crippen LogP contribution in [-0.4, -0.2) is 7.05 Å². The first-order chi connectivity index (χ1) is 4.83. The molecular formula is C9H13N. The maximum absolute atomic E-state index is 3.11. The van der Waals surface area contributed by atoms with Crippen molar-refractivity contribution in [3.8, 4) is 0 Å². The van der Waals surface area contributed by atoms with Crippen LogP contribution in [-0.2, 0) is 0 Å². The predicted octanol–water partition coefficient (Wildman–Crippen LogP) is 2.00. The van der Waals surface area contributed by atoms with Crippen LogP contribution in [0.4, 0.5) is 0 Å². The first kappa shape index (κ1) is 7.13. The van der Waals surface area contributed by atoms with Crippen molar-refractivity contribution in [2.24, 2.45) is 0 Å². The van der Waals surface area contributed by atoms with Crippen molar-refractivity contribution < 1.29 is 0 Å². The highest BCUT2D eigenvalue weighted by Gasteiger charge is 1.91. The van der Waals surface area contributed by atoms with Gasteiger partial charge in [-0.05, 0) is 25.5 Å². The Hall–Kier alpha value is -0.980. The van der Waals surface area contributed by atoms with Crippen molar-refractivity contribution in [2.75, 3.05) is 7.05 Å². The summed E-state index contributed by atoms with van der Waals surface area (Å²) in [7, 11) is 1.94. The van der Waals surface area contributed by atoms with Crippen LogP contribution in [0.15, 0.2) is 35.6 Å². The van der Waals surface area contributed by atoms with Crippen LogP contribution >= 0.6 is 0 Å². The number of rotatable bonds is 1. The molecule has 54 valence electrons. The number of allylic oxidation sites excluding steroid dienone is 5. The van der Waals surface area contributed by atoms with Gasteiger partial charge in [-0.25, -0.2) is 0 Å². The van der Waals surface area contributed by atoms with Crippen LogP contribution in [0.3, 0.4) is 0 Å². The molecule has 0 aromatic carbocycles. The lowest BCUT2D eigenvalue weighted by Gasteiger charge is -1.97. The van der Waals surface area contributed by atoms with Gasteiger partial charge in [-0.1, -0.05) is 17.7 Å². The van der Waals surface area contributed by atoms with Gasteiger partial charge < -0.3 is 5.32 Å². The Morgan fingerprint density at radius 2 is 2.30 bits per heavy atom. The molecule has 0 bridgehead atoms. The van der Waals surface area contributed by atoms with Crippen LogP contribution in [0.5, 0.6) is 0 Å². The second kappa shape index (κ2) is 3.25. The van der Waals surface area contributed by atoms with Crippen molar-refractivity contribution in [1.82, 2.24) is 5.32 Å². The molecule has 1 nitrogen and oxygen atoms in total. The minimum Gasteiger partial charge on any atom is -0.388 e. The van der Waals surface area contributed by atoms with E-state index in [1.807, 2.05) is 7.05 Å². The number of hydrogen-bond acceptors (Lipinski definition) is 1. The molecule has 0 unspecified atom stereocenters. The summed E-state index contributed by atoms with van der Waals surface area (Å²) in [6.07, 6.45) is 9.66. The van der Waals surface area contributed by atoms with Gasteiger partial charge in [0.25, 0.3) is 0 Å². The monoisotopic (exact) mass is 135 g/mol. The quantitative estimate of drug-likeness (QED) is 0.580. The van der Waals surface area contributed by atoms with Crippen molar-refractivity contribution >= 4 is 0 Å². The second-order valence-electron chi connectivity index (χ2n) is 2.44. The first-order valence-corrected chi connectivity index (χ1v) is 3.55. The van der Waals surface area contributed by atoms with E-state index in [4.69, 9.17) is 0 Å². The Labute approximate surface area is 62.1 Å². The number of likely N-dealkylation sites (N-methyl/N-ethyl adjacent to an activating group) is 1. The van der Waals surface area contributed by atoms with Gasteiger partial charge in [0.1, 0.15) is 0 Å². The lowest BCUT2D eigenvalue weighted by molar-refractivity contribution is 1.03. The minimum absolute atomic E-state index is 1.05. The smallest absolute Gasteiger partial charge is 0.0337 e. The fourth-order valence-corrected chi connectivity index (χ4v) is 0.957. The largest absolute Gasteiger partial charge is 0.388 e. The Kier molecular flexibility index (Phi) is 2.32. The van der Waals surface area contributed by atoms with Crippen molar-refractivity contribution in [2.45, 2.75) is 13.3 Å². The van der Waals surface area contributed by atoms with Crippen LogP contribution < -0.4 is 5.32 Å². The zero-order chi connectivity index (χ0) is 7.40. The molecule has 1 aliphatic rings. The lowest BCUT2D eigenvalue weighted by atomic mass is 10.2. The van der Waals surface area contributed by atoms with E-state index in [0.29, 0.717) is 0 Å². The molecule has 1 aliphatic carbocycles. The van der Waals surface area contributed by atoms with Crippen molar-refractivity contribution in [3.63, 3.8) is 0 Å². The maximum Gasteiger partial charge on any atom is 0.0337 e. The summed E-state index contributed by atoms with van der Waals surface area (Å²) in [5, 5.41) is 3.11. The standard InChI is InChI=1S/C9H13N/c1-8-5-3-4-6-9(7-8)10-2/h4-7,10H,3H2,1-2H3. The number of nitrogens with one attached hydrogen (secondary N) is 1. The van der Waals surface area contributed by atoms with Crippen molar-refractivity contribution in [3.05, 3.63) is 35.6 Å². The molecule has 1 rings (SSSR count). The fraction of sp³-hybridized carbons (Fsp3) is 0.333. The van der Waals surface area contributed by atoms with Crippen LogP contribution in [0.1, 0.15) is 13.3 Å². The van der Waals surface area contributed by atoms with E-state index in [9.17, 15) is 0 Å². The van der Waals surface area contributed by atoms with E-state index in [0.717, 1.165) is 6.42 Å². The van der Waals surface area contributed by atoms with E-state index >= 15 is 0 Å². The van der Waals surface area contributed by atoms with Gasteiger partial charge in [0, 0.05) is 12.7 Å². The van der Waals surface area contributed by atoms with Gasteiger partial charge in [-0.2, -0.15) is 0 Å². The first-order valence-electron chi connectivity index (χ1n) is 3.55. The summed E-state index contributed by atoms with van der Waals surface area (Å²) in [6.45, 7) is 2.12. The molecule has 0 saturated heterocycles. The summed E-state index contributed by atoms with van der Waals surface area (Å²) < 4.78 is 0. The van der Waals surface area contributed by atoms with E-state index in [2.05, 4.69) is 36.5 Å². The van der Waals surface area contributed by atoms with Gasteiger partial charge in [-0.15, -0.1) is 0 Å². The summed E-state index contributed by atoms with van der Waals surface area (Å²) in [4.78, 5) is 0. The van der Waals surface area contributed by atoms with Crippen molar-refractivity contribution in [1.29, 1.82) is 0 Å². The topological polar surface area (TPSA) is 12.0 Å². The van der Waals surface area contributed by atoms with E-state index in [1.165, 1.54) is 11.3 Å². The molecule has 0 amide bonds. The third-order valence-electron chi connectivity index (χ3n) is 1.55. The average Bonchev–Trinajstić information content (AvgIpc) is 2.13. The predicted molar refractivity (Wildman–Crippen MR) is 44.7 cm³/mol. The molecule has 0 radical (unpaired) electrons. The van der Waals surface area contributed by atoms with Crippen LogP contribution in [0, 0.1) is 0 Å². The number of hydrogen-bond donors (Lipinski definition) is 1. The molecule has 0 spiro atoms.